The molecule has 0 radical (unpaired) electrons. The molecule has 0 amide bonds. The molecule has 3 aromatic rings. The molecule has 1 aromatic carbocycles. The summed E-state index contributed by atoms with van der Waals surface area (Å²) in [7, 11) is 0. The van der Waals surface area contributed by atoms with Crippen LogP contribution in [-0.2, 0) is 0 Å². The number of nitrogens with zero attached hydrogens (tertiary/aromatic N) is 2. The van der Waals surface area contributed by atoms with Crippen molar-refractivity contribution in [3.8, 4) is 5.75 Å². The molecule has 3 rings (SSSR count). The largest absolute Gasteiger partial charge is 0.506 e. The SMILES string of the molecule is Cc1ccc(O)c(Nc2nc(Cl)nc3sccc23)c1. The van der Waals surface area contributed by atoms with E-state index in [-0.39, 0.29) is 11.0 Å². The van der Waals surface area contributed by atoms with Gasteiger partial charge in [-0.05, 0) is 47.7 Å². The van der Waals surface area contributed by atoms with Crippen LogP contribution >= 0.6 is 22.9 Å². The molecule has 96 valence electrons. The van der Waals surface area contributed by atoms with Crippen molar-refractivity contribution in [3.63, 3.8) is 0 Å². The average Bonchev–Trinajstić information content (AvgIpc) is 2.82. The molecule has 0 aliphatic heterocycles. The van der Waals surface area contributed by atoms with Gasteiger partial charge in [0.1, 0.15) is 16.4 Å². The number of nitrogens with one attached hydrogen (secondary N) is 1. The van der Waals surface area contributed by atoms with Crippen molar-refractivity contribution >= 4 is 44.7 Å². The van der Waals surface area contributed by atoms with E-state index in [2.05, 4.69) is 15.3 Å². The van der Waals surface area contributed by atoms with Crippen LogP contribution in [-0.4, -0.2) is 15.1 Å². The van der Waals surface area contributed by atoms with Gasteiger partial charge in [0.15, 0.2) is 0 Å². The van der Waals surface area contributed by atoms with E-state index < -0.39 is 0 Å². The maximum Gasteiger partial charge on any atom is 0.225 e. The van der Waals surface area contributed by atoms with Crippen molar-refractivity contribution in [1.29, 1.82) is 0 Å². The number of rotatable bonds is 2. The summed E-state index contributed by atoms with van der Waals surface area (Å²) in [5.41, 5.74) is 1.64. The molecule has 0 saturated heterocycles. The molecule has 0 saturated carbocycles. The van der Waals surface area contributed by atoms with Gasteiger partial charge in [-0.1, -0.05) is 6.07 Å². The zero-order valence-electron chi connectivity index (χ0n) is 10.0. The molecule has 0 unspecified atom stereocenters. The predicted molar refractivity (Wildman–Crippen MR) is 78.6 cm³/mol. The zero-order valence-corrected chi connectivity index (χ0v) is 11.6. The van der Waals surface area contributed by atoms with Crippen LogP contribution in [0.25, 0.3) is 10.2 Å². The van der Waals surface area contributed by atoms with E-state index in [4.69, 9.17) is 11.6 Å². The zero-order chi connectivity index (χ0) is 13.4. The van der Waals surface area contributed by atoms with E-state index in [0.717, 1.165) is 15.8 Å². The maximum atomic E-state index is 9.85. The average molecular weight is 292 g/mol. The third kappa shape index (κ3) is 2.34. The number of thiophene rings is 1. The van der Waals surface area contributed by atoms with Gasteiger partial charge in [-0.15, -0.1) is 11.3 Å². The number of aryl methyl sites for hydroxylation is 1. The first-order valence-electron chi connectivity index (χ1n) is 5.61. The standard InChI is InChI=1S/C13H10ClN3OS/c1-7-2-3-10(18)9(6-7)15-11-8-4-5-19-12(8)17-13(14)16-11/h2-6,18H,1H3,(H,15,16,17). The molecule has 0 aliphatic carbocycles. The smallest absolute Gasteiger partial charge is 0.225 e. The Balaban J connectivity index is 2.10. The van der Waals surface area contributed by atoms with Gasteiger partial charge < -0.3 is 10.4 Å². The van der Waals surface area contributed by atoms with E-state index >= 15 is 0 Å². The van der Waals surface area contributed by atoms with Crippen molar-refractivity contribution < 1.29 is 5.11 Å². The van der Waals surface area contributed by atoms with E-state index in [1.807, 2.05) is 30.5 Å². The molecule has 2 N–H and O–H groups in total. The monoisotopic (exact) mass is 291 g/mol. The van der Waals surface area contributed by atoms with Gasteiger partial charge >= 0.3 is 0 Å². The highest BCUT2D eigenvalue weighted by Crippen LogP contribution is 2.32. The molecule has 2 aromatic heterocycles. The maximum absolute atomic E-state index is 9.85. The van der Waals surface area contributed by atoms with Crippen LogP contribution in [0.1, 0.15) is 5.56 Å². The number of fused-ring (bicyclic) bond motifs is 1. The Hall–Kier alpha value is -1.85. The third-order valence-corrected chi connectivity index (χ3v) is 3.68. The van der Waals surface area contributed by atoms with Crippen molar-refractivity contribution in [2.75, 3.05) is 5.32 Å². The Morgan fingerprint density at radius 2 is 2.11 bits per heavy atom. The fourth-order valence-corrected chi connectivity index (χ4v) is 2.79. The van der Waals surface area contributed by atoms with Crippen molar-refractivity contribution in [3.05, 3.63) is 40.5 Å². The van der Waals surface area contributed by atoms with Crippen LogP contribution in [0.3, 0.4) is 0 Å². The second kappa shape index (κ2) is 4.68. The lowest BCUT2D eigenvalue weighted by Crippen LogP contribution is -1.96. The minimum atomic E-state index is 0.170. The normalized spacial score (nSPS) is 10.8. The van der Waals surface area contributed by atoms with Crippen molar-refractivity contribution in [1.82, 2.24) is 9.97 Å². The van der Waals surface area contributed by atoms with E-state index in [0.29, 0.717) is 11.5 Å². The quantitative estimate of drug-likeness (QED) is 0.551. The molecule has 0 fully saturated rings. The number of phenolic OH excluding ortho intramolecular Hbond substituents is 1. The van der Waals surface area contributed by atoms with Gasteiger partial charge in [0.05, 0.1) is 11.1 Å². The van der Waals surface area contributed by atoms with Crippen LogP contribution in [0.15, 0.2) is 29.6 Å². The summed E-state index contributed by atoms with van der Waals surface area (Å²) in [5, 5.41) is 16.0. The lowest BCUT2D eigenvalue weighted by Gasteiger charge is -2.09. The molecule has 0 bridgehead atoms. The second-order valence-corrected chi connectivity index (χ2v) is 5.36. The third-order valence-electron chi connectivity index (χ3n) is 2.70. The minimum absolute atomic E-state index is 0.170. The van der Waals surface area contributed by atoms with E-state index in [9.17, 15) is 5.11 Å². The van der Waals surface area contributed by atoms with Crippen LogP contribution in [0, 0.1) is 6.92 Å². The van der Waals surface area contributed by atoms with Gasteiger partial charge in [0.25, 0.3) is 0 Å². The van der Waals surface area contributed by atoms with E-state index in [1.54, 1.807) is 6.07 Å². The Morgan fingerprint density at radius 1 is 1.26 bits per heavy atom. The molecular formula is C13H10ClN3OS. The Labute approximate surface area is 118 Å². The van der Waals surface area contributed by atoms with Gasteiger partial charge in [-0.3, -0.25) is 0 Å². The van der Waals surface area contributed by atoms with Crippen LogP contribution in [0.4, 0.5) is 11.5 Å². The Morgan fingerprint density at radius 3 is 2.95 bits per heavy atom. The highest BCUT2D eigenvalue weighted by atomic mass is 35.5. The molecule has 19 heavy (non-hydrogen) atoms. The fourth-order valence-electron chi connectivity index (χ4n) is 1.80. The molecule has 0 atom stereocenters. The first-order valence-corrected chi connectivity index (χ1v) is 6.86. The number of benzene rings is 1. The van der Waals surface area contributed by atoms with Gasteiger partial charge in [-0.25, -0.2) is 4.98 Å². The van der Waals surface area contributed by atoms with Crippen molar-refractivity contribution in [2.45, 2.75) is 6.92 Å². The summed E-state index contributed by atoms with van der Waals surface area (Å²) in [6.45, 7) is 1.96. The number of aromatic hydroxyl groups is 1. The Kier molecular flexibility index (Phi) is 3.00. The predicted octanol–water partition coefficient (Wildman–Crippen LogP) is 4.10. The summed E-state index contributed by atoms with van der Waals surface area (Å²) in [6.07, 6.45) is 0. The summed E-state index contributed by atoms with van der Waals surface area (Å²) >= 11 is 7.40. The Bertz CT molecular complexity index is 757. The van der Waals surface area contributed by atoms with Gasteiger partial charge in [0.2, 0.25) is 5.28 Å². The first-order chi connectivity index (χ1) is 9.13. The number of hydrogen-bond donors (Lipinski definition) is 2. The molecule has 4 nitrogen and oxygen atoms in total. The number of halogens is 1. The first kappa shape index (κ1) is 12.2. The van der Waals surface area contributed by atoms with Gasteiger partial charge in [0, 0.05) is 0 Å². The lowest BCUT2D eigenvalue weighted by molar-refractivity contribution is 0.477. The highest BCUT2D eigenvalue weighted by Gasteiger charge is 2.10. The van der Waals surface area contributed by atoms with Crippen LogP contribution in [0.5, 0.6) is 5.75 Å². The van der Waals surface area contributed by atoms with Crippen LogP contribution in [0.2, 0.25) is 5.28 Å². The second-order valence-electron chi connectivity index (χ2n) is 4.13. The molecule has 0 aliphatic rings. The number of phenols is 1. The summed E-state index contributed by atoms with van der Waals surface area (Å²) in [5.74, 6) is 0.765. The topological polar surface area (TPSA) is 58.0 Å². The number of anilines is 2. The van der Waals surface area contributed by atoms with Gasteiger partial charge in [-0.2, -0.15) is 4.98 Å². The van der Waals surface area contributed by atoms with Crippen molar-refractivity contribution in [2.24, 2.45) is 0 Å². The molecule has 0 spiro atoms. The van der Waals surface area contributed by atoms with Crippen LogP contribution < -0.4 is 5.32 Å². The number of aromatic nitrogens is 2. The molecular weight excluding hydrogens is 282 g/mol. The minimum Gasteiger partial charge on any atom is -0.506 e. The molecule has 2 heterocycles. The summed E-state index contributed by atoms with van der Waals surface area (Å²) < 4.78 is 0. The summed E-state index contributed by atoms with van der Waals surface area (Å²) in [6, 6.07) is 7.26. The van der Waals surface area contributed by atoms with E-state index in [1.165, 1.54) is 11.3 Å². The molecule has 6 heteroatoms. The highest BCUT2D eigenvalue weighted by molar-refractivity contribution is 7.16. The summed E-state index contributed by atoms with van der Waals surface area (Å²) in [4.78, 5) is 9.14. The fraction of sp³-hybridized carbons (Fsp3) is 0.0769. The number of hydrogen-bond acceptors (Lipinski definition) is 5. The lowest BCUT2D eigenvalue weighted by atomic mass is 10.2.